The van der Waals surface area contributed by atoms with Crippen molar-refractivity contribution in [1.82, 2.24) is 0 Å². The van der Waals surface area contributed by atoms with E-state index < -0.39 is 0 Å². The van der Waals surface area contributed by atoms with Gasteiger partial charge >= 0.3 is 0 Å². The third-order valence-electron chi connectivity index (χ3n) is 1.69. The van der Waals surface area contributed by atoms with Gasteiger partial charge in [0.15, 0.2) is 0 Å². The first kappa shape index (κ1) is 10.6. The monoisotopic (exact) mass is 256 g/mol. The Kier molecular flexibility index (Phi) is 4.26. The number of halogens is 2. The van der Waals surface area contributed by atoms with Gasteiger partial charge in [-0.2, -0.15) is 0 Å². The maximum atomic E-state index is 5.88. The van der Waals surface area contributed by atoms with Crippen LogP contribution >= 0.6 is 27.5 Å². The zero-order chi connectivity index (χ0) is 9.68. The summed E-state index contributed by atoms with van der Waals surface area (Å²) in [6, 6.07) is 7.78. The summed E-state index contributed by atoms with van der Waals surface area (Å²) in [6.07, 6.45) is 2.71. The number of hydrogen-bond donors (Lipinski definition) is 0. The largest absolute Gasteiger partial charge is 0.103 e. The second kappa shape index (κ2) is 5.25. The van der Waals surface area contributed by atoms with Crippen LogP contribution in [0.25, 0.3) is 5.57 Å². The molecule has 1 aromatic rings. The van der Waals surface area contributed by atoms with Crippen LogP contribution in [-0.2, 0) is 0 Å². The van der Waals surface area contributed by atoms with E-state index in [1.54, 1.807) is 0 Å². The minimum absolute atomic E-state index is 0.758. The third-order valence-corrected chi connectivity index (χ3v) is 2.48. The fraction of sp³-hybridized carbons (Fsp3) is 0.0909. The molecule has 0 nitrogen and oxygen atoms in total. The van der Waals surface area contributed by atoms with Crippen molar-refractivity contribution in [3.8, 4) is 0 Å². The highest BCUT2D eigenvalue weighted by Crippen LogP contribution is 2.22. The highest BCUT2D eigenvalue weighted by Gasteiger charge is 1.98. The smallest absolute Gasteiger partial charge is 0.0412 e. The standard InChI is InChI=1S/C11H10BrCl/c1-2-4-10(8-12)9-5-3-6-11(13)7-9/h2-3,5-8H,1,4H2/b10-8-. The van der Waals surface area contributed by atoms with E-state index in [4.69, 9.17) is 11.6 Å². The second-order valence-corrected chi connectivity index (χ2v) is 3.53. The summed E-state index contributed by atoms with van der Waals surface area (Å²) in [5.41, 5.74) is 2.31. The molecule has 1 aromatic carbocycles. The molecule has 0 aromatic heterocycles. The minimum Gasteiger partial charge on any atom is -0.103 e. The van der Waals surface area contributed by atoms with Crippen LogP contribution in [-0.4, -0.2) is 0 Å². The topological polar surface area (TPSA) is 0 Å². The number of benzene rings is 1. The summed E-state index contributed by atoms with van der Waals surface area (Å²) in [4.78, 5) is 1.90. The van der Waals surface area contributed by atoms with E-state index in [1.807, 2.05) is 35.3 Å². The Balaban J connectivity index is 2.98. The van der Waals surface area contributed by atoms with Gasteiger partial charge in [0.2, 0.25) is 0 Å². The van der Waals surface area contributed by atoms with E-state index in [9.17, 15) is 0 Å². The van der Waals surface area contributed by atoms with Crippen molar-refractivity contribution in [2.24, 2.45) is 0 Å². The van der Waals surface area contributed by atoms with Gasteiger partial charge in [-0.05, 0) is 34.7 Å². The van der Waals surface area contributed by atoms with Crippen LogP contribution in [0.2, 0.25) is 5.02 Å². The van der Waals surface area contributed by atoms with Gasteiger partial charge in [-0.1, -0.05) is 45.7 Å². The first-order chi connectivity index (χ1) is 6.27. The number of allylic oxidation sites excluding steroid dienone is 2. The third kappa shape index (κ3) is 3.02. The Hall–Kier alpha value is -0.530. The lowest BCUT2D eigenvalue weighted by Gasteiger charge is -2.03. The van der Waals surface area contributed by atoms with E-state index >= 15 is 0 Å². The molecule has 13 heavy (non-hydrogen) atoms. The number of rotatable bonds is 3. The summed E-state index contributed by atoms with van der Waals surface area (Å²) in [5, 5.41) is 0.758. The molecule has 0 saturated carbocycles. The molecular weight excluding hydrogens is 247 g/mol. The van der Waals surface area contributed by atoms with Gasteiger partial charge in [0.25, 0.3) is 0 Å². The van der Waals surface area contributed by atoms with E-state index in [0.717, 1.165) is 17.0 Å². The maximum Gasteiger partial charge on any atom is 0.0412 e. The molecule has 0 fully saturated rings. The van der Waals surface area contributed by atoms with Gasteiger partial charge < -0.3 is 0 Å². The zero-order valence-electron chi connectivity index (χ0n) is 7.13. The molecule has 68 valence electrons. The van der Waals surface area contributed by atoms with Gasteiger partial charge in [0.05, 0.1) is 0 Å². The molecule has 0 aliphatic carbocycles. The molecular formula is C11H10BrCl. The Labute approximate surface area is 92.0 Å². The lowest BCUT2D eigenvalue weighted by Crippen LogP contribution is -1.81. The molecule has 0 spiro atoms. The SMILES string of the molecule is C=CC/C(=C/Br)c1cccc(Cl)c1. The zero-order valence-corrected chi connectivity index (χ0v) is 9.48. The van der Waals surface area contributed by atoms with Gasteiger partial charge in [-0.15, -0.1) is 6.58 Å². The Bertz CT molecular complexity index is 329. The van der Waals surface area contributed by atoms with Crippen molar-refractivity contribution >= 4 is 33.1 Å². The summed E-state index contributed by atoms with van der Waals surface area (Å²) in [7, 11) is 0. The fourth-order valence-corrected chi connectivity index (χ4v) is 1.71. The van der Waals surface area contributed by atoms with Crippen LogP contribution < -0.4 is 0 Å². The summed E-state index contributed by atoms with van der Waals surface area (Å²) >= 11 is 9.20. The van der Waals surface area contributed by atoms with E-state index in [0.29, 0.717) is 0 Å². The van der Waals surface area contributed by atoms with Crippen molar-refractivity contribution in [2.75, 3.05) is 0 Å². The van der Waals surface area contributed by atoms with Crippen molar-refractivity contribution in [3.05, 3.63) is 52.5 Å². The molecule has 0 radical (unpaired) electrons. The van der Waals surface area contributed by atoms with Crippen LogP contribution in [0.1, 0.15) is 12.0 Å². The lowest BCUT2D eigenvalue weighted by atomic mass is 10.1. The van der Waals surface area contributed by atoms with Gasteiger partial charge in [-0.3, -0.25) is 0 Å². The molecule has 0 amide bonds. The quantitative estimate of drug-likeness (QED) is 0.691. The predicted octanol–water partition coefficient (Wildman–Crippen LogP) is 4.65. The van der Waals surface area contributed by atoms with Crippen LogP contribution in [0, 0.1) is 0 Å². The average molecular weight is 258 g/mol. The Morgan fingerprint density at radius 1 is 1.54 bits per heavy atom. The fourth-order valence-electron chi connectivity index (χ4n) is 1.07. The molecule has 0 aliphatic rings. The molecule has 0 saturated heterocycles. The van der Waals surface area contributed by atoms with E-state index in [2.05, 4.69) is 22.5 Å². The molecule has 0 bridgehead atoms. The van der Waals surface area contributed by atoms with Crippen molar-refractivity contribution in [1.29, 1.82) is 0 Å². The normalized spacial score (nSPS) is 11.4. The average Bonchev–Trinajstić information content (AvgIpc) is 2.14. The molecule has 0 aliphatic heterocycles. The first-order valence-electron chi connectivity index (χ1n) is 3.94. The highest BCUT2D eigenvalue weighted by atomic mass is 79.9. The van der Waals surface area contributed by atoms with Crippen molar-refractivity contribution in [3.63, 3.8) is 0 Å². The highest BCUT2D eigenvalue weighted by molar-refractivity contribution is 9.11. The summed E-state index contributed by atoms with van der Waals surface area (Å²) in [5.74, 6) is 0. The van der Waals surface area contributed by atoms with Gasteiger partial charge in [0.1, 0.15) is 0 Å². The molecule has 0 atom stereocenters. The Morgan fingerprint density at radius 3 is 2.85 bits per heavy atom. The minimum atomic E-state index is 0.758. The molecule has 2 heteroatoms. The van der Waals surface area contributed by atoms with Crippen molar-refractivity contribution in [2.45, 2.75) is 6.42 Å². The van der Waals surface area contributed by atoms with Crippen molar-refractivity contribution < 1.29 is 0 Å². The molecule has 0 unspecified atom stereocenters. The van der Waals surface area contributed by atoms with Gasteiger partial charge in [-0.25, -0.2) is 0 Å². The van der Waals surface area contributed by atoms with E-state index in [1.165, 1.54) is 5.57 Å². The van der Waals surface area contributed by atoms with Crippen LogP contribution in [0.15, 0.2) is 41.9 Å². The number of hydrogen-bond acceptors (Lipinski definition) is 0. The van der Waals surface area contributed by atoms with Crippen LogP contribution in [0.3, 0.4) is 0 Å². The van der Waals surface area contributed by atoms with Crippen LogP contribution in [0.4, 0.5) is 0 Å². The summed E-state index contributed by atoms with van der Waals surface area (Å²) < 4.78 is 0. The molecule has 0 heterocycles. The van der Waals surface area contributed by atoms with Gasteiger partial charge in [0, 0.05) is 5.02 Å². The Morgan fingerprint density at radius 2 is 2.31 bits per heavy atom. The molecule has 1 rings (SSSR count). The van der Waals surface area contributed by atoms with E-state index in [-0.39, 0.29) is 0 Å². The van der Waals surface area contributed by atoms with Crippen LogP contribution in [0.5, 0.6) is 0 Å². The molecule has 0 N–H and O–H groups in total. The first-order valence-corrected chi connectivity index (χ1v) is 5.23. The summed E-state index contributed by atoms with van der Waals surface area (Å²) in [6.45, 7) is 3.70. The maximum absolute atomic E-state index is 5.88. The lowest BCUT2D eigenvalue weighted by molar-refractivity contribution is 1.41. The second-order valence-electron chi connectivity index (χ2n) is 2.64. The predicted molar refractivity (Wildman–Crippen MR) is 63.2 cm³/mol.